The van der Waals surface area contributed by atoms with Crippen molar-refractivity contribution in [1.82, 2.24) is 19.2 Å². The van der Waals surface area contributed by atoms with Crippen LogP contribution in [0.2, 0.25) is 0 Å². The van der Waals surface area contributed by atoms with Crippen molar-refractivity contribution in [1.29, 1.82) is 0 Å². The second-order valence-corrected chi connectivity index (χ2v) is 5.10. The highest BCUT2D eigenvalue weighted by molar-refractivity contribution is 4.92. The zero-order valence-corrected chi connectivity index (χ0v) is 10.8. The average molecular weight is 252 g/mol. The highest BCUT2D eigenvalue weighted by atomic mass is 16.5. The highest BCUT2D eigenvalue weighted by Crippen LogP contribution is 2.16. The molecule has 0 atom stereocenters. The molecule has 0 aliphatic carbocycles. The van der Waals surface area contributed by atoms with Gasteiger partial charge in [-0.3, -0.25) is 9.47 Å². The molecule has 0 unspecified atom stereocenters. The summed E-state index contributed by atoms with van der Waals surface area (Å²) in [7, 11) is 1.72. The van der Waals surface area contributed by atoms with Crippen LogP contribution < -0.4 is 5.69 Å². The molecule has 0 spiro atoms. The van der Waals surface area contributed by atoms with Crippen molar-refractivity contribution in [2.75, 3.05) is 26.3 Å². The van der Waals surface area contributed by atoms with Crippen molar-refractivity contribution in [2.45, 2.75) is 31.8 Å². The molecular formula is C12H20N4O2. The summed E-state index contributed by atoms with van der Waals surface area (Å²) < 4.78 is 8.67. The third-order valence-electron chi connectivity index (χ3n) is 4.03. The van der Waals surface area contributed by atoms with Gasteiger partial charge >= 0.3 is 5.69 Å². The van der Waals surface area contributed by atoms with E-state index in [1.54, 1.807) is 7.05 Å². The van der Waals surface area contributed by atoms with Gasteiger partial charge in [-0.25, -0.2) is 9.48 Å². The Hall–Kier alpha value is -1.14. The van der Waals surface area contributed by atoms with Gasteiger partial charge in [-0.1, -0.05) is 0 Å². The lowest BCUT2D eigenvalue weighted by atomic mass is 10.1. The van der Waals surface area contributed by atoms with Gasteiger partial charge in [-0.15, -0.1) is 0 Å². The van der Waals surface area contributed by atoms with Crippen molar-refractivity contribution >= 4 is 0 Å². The first-order chi connectivity index (χ1) is 8.75. The zero-order chi connectivity index (χ0) is 12.5. The Bertz CT molecular complexity index is 473. The van der Waals surface area contributed by atoms with Crippen LogP contribution in [0.1, 0.15) is 18.7 Å². The molecule has 3 heterocycles. The molecule has 6 nitrogen and oxygen atoms in total. The van der Waals surface area contributed by atoms with Crippen LogP contribution in [-0.4, -0.2) is 51.6 Å². The van der Waals surface area contributed by atoms with E-state index in [4.69, 9.17) is 4.74 Å². The molecule has 1 aromatic heterocycles. The van der Waals surface area contributed by atoms with Crippen LogP contribution in [0.3, 0.4) is 0 Å². The predicted molar refractivity (Wildman–Crippen MR) is 66.6 cm³/mol. The molecule has 0 N–H and O–H groups in total. The zero-order valence-electron chi connectivity index (χ0n) is 10.8. The minimum absolute atomic E-state index is 0.0128. The number of rotatable bonds is 1. The monoisotopic (exact) mass is 252 g/mol. The standard InChI is InChI=1S/C12H20N4O2/c1-14-12(17)16-7-6-15(5-2-11(16)13-14)10-3-8-18-9-4-10/h10H,2-9H2,1H3. The number of aromatic nitrogens is 3. The maximum absolute atomic E-state index is 11.9. The third-order valence-corrected chi connectivity index (χ3v) is 4.03. The van der Waals surface area contributed by atoms with Gasteiger partial charge in [0.15, 0.2) is 0 Å². The van der Waals surface area contributed by atoms with Crippen molar-refractivity contribution < 1.29 is 4.74 Å². The fourth-order valence-corrected chi connectivity index (χ4v) is 2.96. The molecule has 1 aromatic rings. The Morgan fingerprint density at radius 2 is 2.00 bits per heavy atom. The highest BCUT2D eigenvalue weighted by Gasteiger charge is 2.25. The van der Waals surface area contributed by atoms with Crippen LogP contribution in [0, 0.1) is 0 Å². The summed E-state index contributed by atoms with van der Waals surface area (Å²) in [5.74, 6) is 0.928. The van der Waals surface area contributed by atoms with E-state index in [2.05, 4.69) is 10.00 Å². The molecule has 3 rings (SSSR count). The molecule has 2 aliphatic heterocycles. The second kappa shape index (κ2) is 4.85. The molecule has 0 aromatic carbocycles. The molecular weight excluding hydrogens is 232 g/mol. The first-order valence-corrected chi connectivity index (χ1v) is 6.70. The van der Waals surface area contributed by atoms with Crippen LogP contribution in [0.25, 0.3) is 0 Å². The molecule has 0 amide bonds. The Kier molecular flexibility index (Phi) is 3.22. The van der Waals surface area contributed by atoms with Crippen molar-refractivity contribution in [2.24, 2.45) is 7.05 Å². The Morgan fingerprint density at radius 3 is 2.78 bits per heavy atom. The van der Waals surface area contributed by atoms with Gasteiger partial charge in [0.25, 0.3) is 0 Å². The molecule has 1 fully saturated rings. The first kappa shape index (κ1) is 11.9. The van der Waals surface area contributed by atoms with Gasteiger partial charge < -0.3 is 4.74 Å². The second-order valence-electron chi connectivity index (χ2n) is 5.10. The van der Waals surface area contributed by atoms with Gasteiger partial charge in [-0.2, -0.15) is 5.10 Å². The maximum atomic E-state index is 11.9. The molecule has 0 radical (unpaired) electrons. The summed E-state index contributed by atoms with van der Waals surface area (Å²) in [6, 6.07) is 0.618. The minimum atomic E-state index is 0.0128. The number of hydrogen-bond donors (Lipinski definition) is 0. The lowest BCUT2D eigenvalue weighted by Gasteiger charge is -2.33. The maximum Gasteiger partial charge on any atom is 0.345 e. The lowest BCUT2D eigenvalue weighted by molar-refractivity contribution is 0.0346. The van der Waals surface area contributed by atoms with E-state index >= 15 is 0 Å². The van der Waals surface area contributed by atoms with E-state index in [-0.39, 0.29) is 5.69 Å². The van der Waals surface area contributed by atoms with Gasteiger partial charge in [-0.05, 0) is 12.8 Å². The van der Waals surface area contributed by atoms with Gasteiger partial charge in [0.2, 0.25) is 0 Å². The quantitative estimate of drug-likeness (QED) is 0.683. The summed E-state index contributed by atoms with van der Waals surface area (Å²) >= 11 is 0. The topological polar surface area (TPSA) is 52.3 Å². The summed E-state index contributed by atoms with van der Waals surface area (Å²) in [4.78, 5) is 14.4. The lowest BCUT2D eigenvalue weighted by Crippen LogP contribution is -2.41. The van der Waals surface area contributed by atoms with Crippen LogP contribution in [0.15, 0.2) is 4.79 Å². The van der Waals surface area contributed by atoms with E-state index < -0.39 is 0 Å². The van der Waals surface area contributed by atoms with Crippen LogP contribution >= 0.6 is 0 Å². The molecule has 0 saturated carbocycles. The minimum Gasteiger partial charge on any atom is -0.381 e. The Morgan fingerprint density at radius 1 is 1.22 bits per heavy atom. The van der Waals surface area contributed by atoms with Gasteiger partial charge in [0.05, 0.1) is 0 Å². The van der Waals surface area contributed by atoms with E-state index in [9.17, 15) is 4.79 Å². The molecule has 2 aliphatic rings. The van der Waals surface area contributed by atoms with Gasteiger partial charge in [0, 0.05) is 52.4 Å². The van der Waals surface area contributed by atoms with E-state index in [0.29, 0.717) is 6.04 Å². The van der Waals surface area contributed by atoms with Crippen LogP contribution in [0.5, 0.6) is 0 Å². The van der Waals surface area contributed by atoms with Crippen molar-refractivity contribution in [3.05, 3.63) is 16.3 Å². The SMILES string of the molecule is Cn1nc2n(c1=O)CCN(C1CCOCC1)CC2. The third kappa shape index (κ3) is 2.10. The smallest absolute Gasteiger partial charge is 0.345 e. The van der Waals surface area contributed by atoms with E-state index in [1.165, 1.54) is 4.68 Å². The average Bonchev–Trinajstić information content (AvgIpc) is 2.57. The van der Waals surface area contributed by atoms with Crippen LogP contribution in [0.4, 0.5) is 0 Å². The summed E-state index contributed by atoms with van der Waals surface area (Å²) in [6.07, 6.45) is 3.09. The van der Waals surface area contributed by atoms with Crippen LogP contribution in [-0.2, 0) is 24.8 Å². The molecule has 0 bridgehead atoms. The largest absolute Gasteiger partial charge is 0.381 e. The Labute approximate surface area is 106 Å². The molecule has 6 heteroatoms. The Balaban J connectivity index is 1.73. The fourth-order valence-electron chi connectivity index (χ4n) is 2.96. The summed E-state index contributed by atoms with van der Waals surface area (Å²) in [5.41, 5.74) is 0.0128. The normalized spacial score (nSPS) is 22.7. The fraction of sp³-hybridized carbons (Fsp3) is 0.833. The van der Waals surface area contributed by atoms with Crippen molar-refractivity contribution in [3.63, 3.8) is 0 Å². The number of hydrogen-bond acceptors (Lipinski definition) is 4. The number of nitrogens with zero attached hydrogens (tertiary/aromatic N) is 4. The first-order valence-electron chi connectivity index (χ1n) is 6.70. The number of aryl methyl sites for hydroxylation is 1. The predicted octanol–water partition coefficient (Wildman–Crippen LogP) is -0.381. The van der Waals surface area contributed by atoms with Gasteiger partial charge in [0.1, 0.15) is 5.82 Å². The summed E-state index contributed by atoms with van der Waals surface area (Å²) in [6.45, 7) is 4.45. The molecule has 100 valence electrons. The summed E-state index contributed by atoms with van der Waals surface area (Å²) in [5, 5.41) is 4.31. The van der Waals surface area contributed by atoms with E-state index in [1.807, 2.05) is 4.57 Å². The molecule has 18 heavy (non-hydrogen) atoms. The van der Waals surface area contributed by atoms with Crippen molar-refractivity contribution in [3.8, 4) is 0 Å². The number of ether oxygens (including phenoxy) is 1. The molecule has 1 saturated heterocycles. The van der Waals surface area contributed by atoms with E-state index in [0.717, 1.165) is 57.9 Å². The number of fused-ring (bicyclic) bond motifs is 1.